The van der Waals surface area contributed by atoms with Gasteiger partial charge in [-0.3, -0.25) is 14.6 Å². The number of likely N-dealkylation sites (N-methyl/N-ethyl adjacent to an activating group) is 1. The Hall–Kier alpha value is -4.92. The van der Waals surface area contributed by atoms with Crippen molar-refractivity contribution in [2.75, 3.05) is 24.2 Å². The number of nitrogens with one attached hydrogen (secondary N) is 4. The standard InChI is InChI=1S/C24H19F4N5O6/c1-29-20(34)12-31-21(35)18-11-16(8-9-30-18)37-15-5-2-13(3-6-15)32-22(36)33-14-4-7-19-17(10-14)23(25,26)39-24(27,28)38-19/h2-11H,12H2,1H3,(H,29,34)(H,31,35)(H2,32,33,36). The minimum atomic E-state index is -4.50. The van der Waals surface area contributed by atoms with Gasteiger partial charge < -0.3 is 30.7 Å². The Bertz CT molecular complexity index is 1400. The molecule has 0 saturated carbocycles. The second kappa shape index (κ2) is 10.8. The van der Waals surface area contributed by atoms with Crippen LogP contribution in [0.1, 0.15) is 16.1 Å². The molecule has 4 rings (SSSR count). The van der Waals surface area contributed by atoms with Gasteiger partial charge in [0.15, 0.2) is 0 Å². The van der Waals surface area contributed by atoms with Crippen LogP contribution < -0.4 is 30.7 Å². The minimum Gasteiger partial charge on any atom is -0.457 e. The molecule has 0 spiro atoms. The SMILES string of the molecule is CNC(=O)CNC(=O)c1cc(Oc2ccc(NC(=O)Nc3ccc4c(c3)C(F)(F)OC(F)(F)O4)cc2)ccn1. The predicted molar refractivity (Wildman–Crippen MR) is 127 cm³/mol. The first-order valence-electron chi connectivity index (χ1n) is 11.0. The molecule has 0 bridgehead atoms. The van der Waals surface area contributed by atoms with Crippen molar-refractivity contribution in [2.24, 2.45) is 0 Å². The summed E-state index contributed by atoms with van der Waals surface area (Å²) in [6.07, 6.45) is -7.49. The van der Waals surface area contributed by atoms with Crippen LogP contribution in [0.25, 0.3) is 0 Å². The Labute approximate surface area is 217 Å². The molecule has 1 aromatic heterocycles. The normalized spacial score (nSPS) is 14.7. The first-order chi connectivity index (χ1) is 18.4. The number of benzene rings is 2. The monoisotopic (exact) mass is 549 g/mol. The topological polar surface area (TPSA) is 140 Å². The molecule has 11 nitrogen and oxygen atoms in total. The summed E-state index contributed by atoms with van der Waals surface area (Å²) in [4.78, 5) is 39.7. The van der Waals surface area contributed by atoms with E-state index in [0.29, 0.717) is 11.4 Å². The molecule has 4 amide bonds. The van der Waals surface area contributed by atoms with E-state index in [2.05, 4.69) is 35.7 Å². The smallest absolute Gasteiger partial charge is 0.457 e. The number of nitrogens with zero attached hydrogens (tertiary/aromatic N) is 1. The number of pyridine rings is 1. The molecule has 204 valence electrons. The van der Waals surface area contributed by atoms with Gasteiger partial charge in [0.05, 0.1) is 12.1 Å². The van der Waals surface area contributed by atoms with Crippen LogP contribution in [0.15, 0.2) is 60.8 Å². The molecule has 0 fully saturated rings. The zero-order valence-electron chi connectivity index (χ0n) is 19.9. The van der Waals surface area contributed by atoms with Crippen molar-refractivity contribution in [1.29, 1.82) is 0 Å². The van der Waals surface area contributed by atoms with Gasteiger partial charge in [0.1, 0.15) is 22.9 Å². The van der Waals surface area contributed by atoms with Crippen molar-refractivity contribution in [1.82, 2.24) is 15.6 Å². The summed E-state index contributed by atoms with van der Waals surface area (Å²) >= 11 is 0. The summed E-state index contributed by atoms with van der Waals surface area (Å²) in [6.45, 7) is -0.217. The zero-order valence-corrected chi connectivity index (χ0v) is 19.9. The molecule has 0 radical (unpaired) electrons. The third kappa shape index (κ3) is 6.89. The van der Waals surface area contributed by atoms with E-state index in [4.69, 9.17) is 4.74 Å². The highest BCUT2D eigenvalue weighted by Gasteiger charge is 2.54. The second-order valence-electron chi connectivity index (χ2n) is 7.83. The number of fused-ring (bicyclic) bond motifs is 1. The molecule has 1 aliphatic heterocycles. The number of ether oxygens (including phenoxy) is 3. The van der Waals surface area contributed by atoms with E-state index in [0.717, 1.165) is 18.2 Å². The van der Waals surface area contributed by atoms with Gasteiger partial charge in [0.2, 0.25) is 5.91 Å². The lowest BCUT2D eigenvalue weighted by molar-refractivity contribution is -0.461. The molecule has 2 heterocycles. The first-order valence-corrected chi connectivity index (χ1v) is 11.0. The summed E-state index contributed by atoms with van der Waals surface area (Å²) in [5.41, 5.74) is -0.774. The van der Waals surface area contributed by atoms with Crippen molar-refractivity contribution in [3.63, 3.8) is 0 Å². The van der Waals surface area contributed by atoms with Crippen molar-refractivity contribution < 1.29 is 46.2 Å². The number of carbonyl (C=O) groups is 3. The number of hydrogen-bond acceptors (Lipinski definition) is 7. The molecule has 0 atom stereocenters. The lowest BCUT2D eigenvalue weighted by Gasteiger charge is -2.30. The van der Waals surface area contributed by atoms with Crippen LogP contribution in [0.4, 0.5) is 33.7 Å². The average Bonchev–Trinajstić information content (AvgIpc) is 2.87. The van der Waals surface area contributed by atoms with Crippen LogP contribution in [0.2, 0.25) is 0 Å². The third-order valence-electron chi connectivity index (χ3n) is 5.03. The molecular formula is C24H19F4N5O6. The number of amides is 4. The fraction of sp³-hybridized carbons (Fsp3) is 0.167. The Morgan fingerprint density at radius 1 is 0.923 bits per heavy atom. The Morgan fingerprint density at radius 2 is 1.62 bits per heavy atom. The number of urea groups is 1. The van der Waals surface area contributed by atoms with E-state index >= 15 is 0 Å². The summed E-state index contributed by atoms with van der Waals surface area (Å²) < 4.78 is 67.3. The van der Waals surface area contributed by atoms with Crippen molar-refractivity contribution >= 4 is 29.2 Å². The predicted octanol–water partition coefficient (Wildman–Crippen LogP) is 4.00. The molecule has 0 aliphatic carbocycles. The van der Waals surface area contributed by atoms with Crippen LogP contribution in [0, 0.1) is 0 Å². The highest BCUT2D eigenvalue weighted by Crippen LogP contribution is 2.46. The van der Waals surface area contributed by atoms with Crippen LogP contribution in [0.3, 0.4) is 0 Å². The third-order valence-corrected chi connectivity index (χ3v) is 5.03. The number of alkyl halides is 4. The van der Waals surface area contributed by atoms with Gasteiger partial charge in [-0.05, 0) is 48.5 Å². The molecule has 4 N–H and O–H groups in total. The number of aromatic nitrogens is 1. The zero-order chi connectivity index (χ0) is 28.2. The average molecular weight is 549 g/mol. The maximum absolute atomic E-state index is 13.9. The van der Waals surface area contributed by atoms with Crippen LogP contribution in [-0.2, 0) is 15.6 Å². The first kappa shape index (κ1) is 27.1. The number of carbonyl (C=O) groups excluding carboxylic acids is 3. The quantitative estimate of drug-likeness (QED) is 0.327. The number of hydrogen-bond donors (Lipinski definition) is 4. The highest BCUT2D eigenvalue weighted by atomic mass is 19.3. The van der Waals surface area contributed by atoms with Gasteiger partial charge >= 0.3 is 18.4 Å². The molecule has 39 heavy (non-hydrogen) atoms. The van der Waals surface area contributed by atoms with Crippen molar-refractivity contribution in [3.8, 4) is 17.2 Å². The Kier molecular flexibility index (Phi) is 7.53. The fourth-order valence-electron chi connectivity index (χ4n) is 3.25. The largest absolute Gasteiger partial charge is 0.540 e. The van der Waals surface area contributed by atoms with Gasteiger partial charge in [-0.2, -0.15) is 8.78 Å². The van der Waals surface area contributed by atoms with E-state index < -0.39 is 35.7 Å². The Morgan fingerprint density at radius 3 is 2.33 bits per heavy atom. The van der Waals surface area contributed by atoms with E-state index in [1.807, 2.05) is 0 Å². The summed E-state index contributed by atoms with van der Waals surface area (Å²) in [5, 5.41) is 9.57. The summed E-state index contributed by atoms with van der Waals surface area (Å²) in [7, 11) is 1.44. The molecule has 0 saturated heterocycles. The Balaban J connectivity index is 1.35. The number of anilines is 2. The molecular weight excluding hydrogens is 530 g/mol. The molecule has 0 unspecified atom stereocenters. The molecule has 1 aliphatic rings. The van der Waals surface area contributed by atoms with E-state index in [1.165, 1.54) is 49.6 Å². The number of rotatable bonds is 7. The van der Waals surface area contributed by atoms with E-state index in [1.54, 1.807) is 0 Å². The van der Waals surface area contributed by atoms with Crippen LogP contribution in [-0.4, -0.2) is 42.7 Å². The highest BCUT2D eigenvalue weighted by molar-refractivity contribution is 6.00. The van der Waals surface area contributed by atoms with Gasteiger partial charge in [0, 0.05) is 30.7 Å². The van der Waals surface area contributed by atoms with Gasteiger partial charge in [0.25, 0.3) is 5.91 Å². The minimum absolute atomic E-state index is 0.0261. The van der Waals surface area contributed by atoms with Crippen LogP contribution in [0.5, 0.6) is 17.2 Å². The number of halogens is 4. The van der Waals surface area contributed by atoms with E-state index in [-0.39, 0.29) is 29.6 Å². The molecule has 3 aromatic rings. The van der Waals surface area contributed by atoms with Gasteiger partial charge in [-0.1, -0.05) is 0 Å². The van der Waals surface area contributed by atoms with Crippen molar-refractivity contribution in [3.05, 3.63) is 72.1 Å². The maximum Gasteiger partial charge on any atom is 0.540 e. The van der Waals surface area contributed by atoms with Crippen LogP contribution >= 0.6 is 0 Å². The van der Waals surface area contributed by atoms with Gasteiger partial charge in [-0.15, -0.1) is 8.78 Å². The summed E-state index contributed by atoms with van der Waals surface area (Å²) in [6, 6.07) is 10.8. The molecule has 15 heteroatoms. The maximum atomic E-state index is 13.9. The summed E-state index contributed by atoms with van der Waals surface area (Å²) in [5.74, 6) is -1.11. The van der Waals surface area contributed by atoms with Crippen molar-refractivity contribution in [2.45, 2.75) is 12.4 Å². The van der Waals surface area contributed by atoms with Gasteiger partial charge in [-0.25, -0.2) is 9.53 Å². The molecule has 2 aromatic carbocycles. The second-order valence-corrected chi connectivity index (χ2v) is 7.83. The lowest BCUT2D eigenvalue weighted by atomic mass is 10.1. The van der Waals surface area contributed by atoms with E-state index in [9.17, 15) is 31.9 Å². The lowest BCUT2D eigenvalue weighted by Crippen LogP contribution is -2.41. The fourth-order valence-corrected chi connectivity index (χ4v) is 3.25.